The number of quaternary nitrogens is 1. The summed E-state index contributed by atoms with van der Waals surface area (Å²) in [7, 11) is 0. The lowest BCUT2D eigenvalue weighted by Gasteiger charge is -2.13. The van der Waals surface area contributed by atoms with Gasteiger partial charge in [-0.25, -0.2) is 10.4 Å². The molecule has 0 aromatic rings. The Morgan fingerprint density at radius 3 is 2.92 bits per heavy atom. The van der Waals surface area contributed by atoms with E-state index in [9.17, 15) is 10.3 Å². The van der Waals surface area contributed by atoms with Gasteiger partial charge in [0.25, 0.3) is 0 Å². The van der Waals surface area contributed by atoms with Crippen molar-refractivity contribution < 1.29 is 15.5 Å². The molecular formula is C9H13NO3. The number of hydrogen-bond donors (Lipinski definition) is 3. The van der Waals surface area contributed by atoms with Crippen LogP contribution in [0.4, 0.5) is 0 Å². The highest BCUT2D eigenvalue weighted by Crippen LogP contribution is 2.15. The predicted octanol–water partition coefficient (Wildman–Crippen LogP) is 0.333. The molecule has 4 heteroatoms. The van der Waals surface area contributed by atoms with E-state index < -0.39 is 5.23 Å². The second kappa shape index (κ2) is 4.23. The molecule has 0 aromatic heterocycles. The van der Waals surface area contributed by atoms with Crippen LogP contribution >= 0.6 is 0 Å². The van der Waals surface area contributed by atoms with Crippen molar-refractivity contribution in [3.8, 4) is 0 Å². The highest BCUT2D eigenvalue weighted by atomic mass is 16.8. The molecule has 1 rings (SSSR count). The summed E-state index contributed by atoms with van der Waals surface area (Å²) in [6.45, 7) is 1.82. The number of rotatable bonds is 2. The molecule has 0 bridgehead atoms. The lowest BCUT2D eigenvalue weighted by molar-refractivity contribution is -1.04. The van der Waals surface area contributed by atoms with Crippen LogP contribution in [0.3, 0.4) is 0 Å². The van der Waals surface area contributed by atoms with E-state index in [0.29, 0.717) is 0 Å². The summed E-state index contributed by atoms with van der Waals surface area (Å²) in [6, 6.07) is 0. The average molecular weight is 183 g/mol. The van der Waals surface area contributed by atoms with Crippen LogP contribution in [-0.2, 0) is 0 Å². The molecule has 2 atom stereocenters. The standard InChI is InChI=1S/C9H13NO3/c1-7-5-8(6-10(12)13)3-2-4-9(7)11/h2-5,7,10-12H,6H2,1H3/t7-/m1/s1. The quantitative estimate of drug-likeness (QED) is 0.540. The van der Waals surface area contributed by atoms with E-state index in [-0.39, 0.29) is 18.2 Å². The van der Waals surface area contributed by atoms with E-state index in [1.165, 1.54) is 0 Å². The van der Waals surface area contributed by atoms with Gasteiger partial charge in [0, 0.05) is 11.5 Å². The SMILES string of the molecule is C[C@@H]1C=C(C[NH+]([O-])O)C=CC=C1O. The van der Waals surface area contributed by atoms with Gasteiger partial charge in [-0.15, -0.1) is 0 Å². The Kier molecular flexibility index (Phi) is 3.25. The van der Waals surface area contributed by atoms with Gasteiger partial charge < -0.3 is 10.3 Å². The first kappa shape index (κ1) is 9.98. The molecule has 0 heterocycles. The number of nitrogens with one attached hydrogen (secondary N) is 1. The first-order valence-electron chi connectivity index (χ1n) is 4.09. The molecule has 1 aliphatic rings. The highest BCUT2D eigenvalue weighted by Gasteiger charge is 2.08. The van der Waals surface area contributed by atoms with Gasteiger partial charge in [0.2, 0.25) is 0 Å². The maximum absolute atomic E-state index is 10.4. The molecule has 1 unspecified atom stereocenters. The zero-order valence-corrected chi connectivity index (χ0v) is 7.40. The Labute approximate surface area is 76.6 Å². The number of aliphatic hydroxyl groups is 1. The average Bonchev–Trinajstić information content (AvgIpc) is 2.14. The smallest absolute Gasteiger partial charge is 0.132 e. The fourth-order valence-corrected chi connectivity index (χ4v) is 1.18. The summed E-state index contributed by atoms with van der Waals surface area (Å²) in [4.78, 5) is 0. The molecule has 0 aromatic carbocycles. The molecule has 0 radical (unpaired) electrons. The third kappa shape index (κ3) is 3.02. The molecule has 1 aliphatic carbocycles. The van der Waals surface area contributed by atoms with Crippen LogP contribution < -0.4 is 5.23 Å². The minimum Gasteiger partial charge on any atom is -0.600 e. The van der Waals surface area contributed by atoms with Crippen LogP contribution in [-0.4, -0.2) is 16.9 Å². The van der Waals surface area contributed by atoms with Crippen molar-refractivity contribution in [1.82, 2.24) is 0 Å². The van der Waals surface area contributed by atoms with E-state index in [1.54, 1.807) is 24.3 Å². The number of hydrogen-bond acceptors (Lipinski definition) is 3. The zero-order valence-electron chi connectivity index (χ0n) is 7.40. The van der Waals surface area contributed by atoms with Crippen LogP contribution in [0.25, 0.3) is 0 Å². The molecule has 0 saturated carbocycles. The lowest BCUT2D eigenvalue weighted by atomic mass is 10.1. The summed E-state index contributed by atoms with van der Waals surface area (Å²) >= 11 is 0. The Balaban J connectivity index is 2.73. The molecule has 0 amide bonds. The second-order valence-electron chi connectivity index (χ2n) is 3.05. The topological polar surface area (TPSA) is 68.0 Å². The molecule has 13 heavy (non-hydrogen) atoms. The molecule has 0 fully saturated rings. The van der Waals surface area contributed by atoms with Crippen LogP contribution in [0.1, 0.15) is 6.92 Å². The molecule has 0 spiro atoms. The summed E-state index contributed by atoms with van der Waals surface area (Å²) < 4.78 is 0. The third-order valence-electron chi connectivity index (χ3n) is 1.86. The minimum absolute atomic E-state index is 0.00194. The van der Waals surface area contributed by atoms with Crippen molar-refractivity contribution >= 4 is 0 Å². The minimum atomic E-state index is -0.857. The Bertz CT molecular complexity index is 266. The second-order valence-corrected chi connectivity index (χ2v) is 3.05. The van der Waals surface area contributed by atoms with Crippen LogP contribution in [0.2, 0.25) is 0 Å². The van der Waals surface area contributed by atoms with Gasteiger partial charge in [-0.1, -0.05) is 25.2 Å². The largest absolute Gasteiger partial charge is 0.600 e. The van der Waals surface area contributed by atoms with Crippen molar-refractivity contribution in [1.29, 1.82) is 0 Å². The molecular weight excluding hydrogens is 170 g/mol. The van der Waals surface area contributed by atoms with E-state index >= 15 is 0 Å². The zero-order chi connectivity index (χ0) is 9.84. The van der Waals surface area contributed by atoms with E-state index in [1.807, 2.05) is 6.92 Å². The summed E-state index contributed by atoms with van der Waals surface area (Å²) in [5.74, 6) is 0.154. The van der Waals surface area contributed by atoms with Gasteiger partial charge in [0.05, 0.1) is 5.76 Å². The molecule has 3 N–H and O–H groups in total. The fourth-order valence-electron chi connectivity index (χ4n) is 1.18. The van der Waals surface area contributed by atoms with Gasteiger partial charge in [0.1, 0.15) is 6.54 Å². The summed E-state index contributed by atoms with van der Waals surface area (Å²) in [6.07, 6.45) is 6.70. The normalized spacial score (nSPS) is 24.7. The van der Waals surface area contributed by atoms with E-state index in [2.05, 4.69) is 0 Å². The molecule has 0 aliphatic heterocycles. The van der Waals surface area contributed by atoms with Crippen LogP contribution in [0, 0.1) is 11.1 Å². The third-order valence-corrected chi connectivity index (χ3v) is 1.86. The summed E-state index contributed by atoms with van der Waals surface area (Å²) in [5, 5.41) is 27.4. The van der Waals surface area contributed by atoms with Crippen molar-refractivity contribution in [2.24, 2.45) is 5.92 Å². The Morgan fingerprint density at radius 1 is 1.62 bits per heavy atom. The van der Waals surface area contributed by atoms with Crippen molar-refractivity contribution in [2.45, 2.75) is 6.92 Å². The van der Waals surface area contributed by atoms with Gasteiger partial charge in [-0.05, 0) is 6.08 Å². The van der Waals surface area contributed by atoms with Crippen molar-refractivity contribution in [2.75, 3.05) is 6.54 Å². The first-order valence-corrected chi connectivity index (χ1v) is 4.09. The van der Waals surface area contributed by atoms with Gasteiger partial charge in [0.15, 0.2) is 0 Å². The Hall–Kier alpha value is -1.10. The van der Waals surface area contributed by atoms with Crippen LogP contribution in [0.5, 0.6) is 0 Å². The maximum Gasteiger partial charge on any atom is 0.132 e. The molecule has 0 saturated heterocycles. The van der Waals surface area contributed by atoms with E-state index in [4.69, 9.17) is 5.21 Å². The van der Waals surface area contributed by atoms with Gasteiger partial charge in [-0.2, -0.15) is 0 Å². The van der Waals surface area contributed by atoms with Crippen molar-refractivity contribution in [3.05, 3.63) is 40.8 Å². The summed E-state index contributed by atoms with van der Waals surface area (Å²) in [5.41, 5.74) is 0.723. The Morgan fingerprint density at radius 2 is 2.31 bits per heavy atom. The first-order chi connectivity index (χ1) is 6.09. The number of allylic oxidation sites excluding steroid dienone is 3. The molecule has 4 nitrogen and oxygen atoms in total. The number of hydroxylamine groups is 2. The maximum atomic E-state index is 10.4. The van der Waals surface area contributed by atoms with Gasteiger partial charge in [-0.3, -0.25) is 0 Å². The lowest BCUT2D eigenvalue weighted by Crippen LogP contribution is -3.04. The predicted molar refractivity (Wildman–Crippen MR) is 48.1 cm³/mol. The van der Waals surface area contributed by atoms with Crippen LogP contribution in [0.15, 0.2) is 35.6 Å². The fraction of sp³-hybridized carbons (Fsp3) is 0.333. The van der Waals surface area contributed by atoms with Gasteiger partial charge >= 0.3 is 0 Å². The monoisotopic (exact) mass is 183 g/mol. The highest BCUT2D eigenvalue weighted by molar-refractivity contribution is 5.29. The van der Waals surface area contributed by atoms with E-state index in [0.717, 1.165) is 5.57 Å². The number of aliphatic hydroxyl groups excluding tert-OH is 1. The molecule has 72 valence electrons. The van der Waals surface area contributed by atoms with Crippen molar-refractivity contribution in [3.63, 3.8) is 0 Å².